The fraction of sp³-hybridized carbons (Fsp3) is 0.235. The van der Waals surface area contributed by atoms with Gasteiger partial charge < -0.3 is 14.8 Å². The number of nitro groups is 1. The number of hydrogen-bond acceptors (Lipinski definition) is 5. The van der Waals surface area contributed by atoms with Gasteiger partial charge in [-0.15, -0.1) is 0 Å². The highest BCUT2D eigenvalue weighted by Gasteiger charge is 2.42. The van der Waals surface area contributed by atoms with E-state index in [9.17, 15) is 45.6 Å². The Morgan fingerprint density at radius 1 is 1.06 bits per heavy atom. The number of benzene rings is 2. The van der Waals surface area contributed by atoms with Crippen molar-refractivity contribution in [2.24, 2.45) is 0 Å². The van der Waals surface area contributed by atoms with E-state index in [0.29, 0.717) is 0 Å². The third kappa shape index (κ3) is 5.13. The van der Waals surface area contributed by atoms with Crippen LogP contribution in [0.1, 0.15) is 12.5 Å². The number of nitrogens with zero attached hydrogens (tertiary/aromatic N) is 1. The van der Waals surface area contributed by atoms with Gasteiger partial charge in [0.1, 0.15) is 17.0 Å². The molecule has 0 spiro atoms. The average Bonchev–Trinajstić information content (AvgIpc) is 2.66. The third-order valence-corrected chi connectivity index (χ3v) is 3.61. The number of carbonyl (C=O) groups is 1. The predicted molar refractivity (Wildman–Crippen MR) is 89.7 cm³/mol. The molecule has 0 bridgehead atoms. The number of nitro benzene ring substituents is 1. The molecule has 0 unspecified atom stereocenters. The standard InChI is InChI=1S/C17H11F7N2O5/c1-2-30-7-3-4-8(9(5-7)26(28)29)25-10(27)6-31-16-14(20)12(18)11(17(22,23)24)13(19)15(16)21/h3-5H,2,6H2,1H3,(H,25,27). The Bertz CT molecular complexity index is 998. The summed E-state index contributed by atoms with van der Waals surface area (Å²) in [5.41, 5.74) is -3.81. The largest absolute Gasteiger partial charge is 0.494 e. The molecule has 1 amide bonds. The fourth-order valence-corrected chi connectivity index (χ4v) is 2.34. The van der Waals surface area contributed by atoms with Gasteiger partial charge >= 0.3 is 6.18 Å². The highest BCUT2D eigenvalue weighted by Crippen LogP contribution is 2.39. The maximum absolute atomic E-state index is 13.8. The van der Waals surface area contributed by atoms with E-state index in [0.717, 1.165) is 12.1 Å². The summed E-state index contributed by atoms with van der Waals surface area (Å²) in [5, 5.41) is 13.1. The van der Waals surface area contributed by atoms with E-state index in [1.165, 1.54) is 6.07 Å². The van der Waals surface area contributed by atoms with Crippen LogP contribution in [0.4, 0.5) is 42.1 Å². The van der Waals surface area contributed by atoms with Crippen molar-refractivity contribution in [2.75, 3.05) is 18.5 Å². The highest BCUT2D eigenvalue weighted by molar-refractivity contribution is 5.94. The van der Waals surface area contributed by atoms with E-state index in [1.807, 2.05) is 5.32 Å². The zero-order valence-electron chi connectivity index (χ0n) is 15.3. The summed E-state index contributed by atoms with van der Waals surface area (Å²) < 4.78 is 102. The number of rotatable bonds is 7. The first-order chi connectivity index (χ1) is 14.4. The first-order valence-corrected chi connectivity index (χ1v) is 8.15. The Hall–Kier alpha value is -3.58. The molecule has 0 aliphatic heterocycles. The van der Waals surface area contributed by atoms with Crippen molar-refractivity contribution in [1.82, 2.24) is 0 Å². The summed E-state index contributed by atoms with van der Waals surface area (Å²) in [6, 6.07) is 3.30. The van der Waals surface area contributed by atoms with Gasteiger partial charge in [0.05, 0.1) is 17.6 Å². The molecule has 0 saturated heterocycles. The average molecular weight is 456 g/mol. The number of carbonyl (C=O) groups excluding carboxylic acids is 1. The van der Waals surface area contributed by atoms with Crippen LogP contribution in [0.5, 0.6) is 11.5 Å². The van der Waals surface area contributed by atoms with Crippen molar-refractivity contribution >= 4 is 17.3 Å². The summed E-state index contributed by atoms with van der Waals surface area (Å²) in [5.74, 6) is -13.6. The van der Waals surface area contributed by atoms with Crippen molar-refractivity contribution in [3.05, 3.63) is 57.1 Å². The minimum absolute atomic E-state index is 0.100. The summed E-state index contributed by atoms with van der Waals surface area (Å²) in [6.45, 7) is 0.459. The van der Waals surface area contributed by atoms with Gasteiger partial charge in [-0.1, -0.05) is 0 Å². The molecule has 1 N–H and O–H groups in total. The van der Waals surface area contributed by atoms with E-state index in [4.69, 9.17) is 4.74 Å². The van der Waals surface area contributed by atoms with Gasteiger partial charge in [-0.05, 0) is 19.1 Å². The summed E-state index contributed by atoms with van der Waals surface area (Å²) in [6.07, 6.45) is -5.74. The van der Waals surface area contributed by atoms with E-state index >= 15 is 0 Å². The number of alkyl halides is 3. The lowest BCUT2D eigenvalue weighted by atomic mass is 10.1. The lowest BCUT2D eigenvalue weighted by molar-refractivity contribution is -0.384. The number of anilines is 1. The van der Waals surface area contributed by atoms with Crippen molar-refractivity contribution in [3.63, 3.8) is 0 Å². The van der Waals surface area contributed by atoms with Gasteiger partial charge in [0, 0.05) is 0 Å². The minimum Gasteiger partial charge on any atom is -0.494 e. The van der Waals surface area contributed by atoms with E-state index in [1.54, 1.807) is 6.92 Å². The lowest BCUT2D eigenvalue weighted by Gasteiger charge is -2.14. The van der Waals surface area contributed by atoms with Crippen LogP contribution in [-0.4, -0.2) is 24.0 Å². The van der Waals surface area contributed by atoms with E-state index in [2.05, 4.69) is 4.74 Å². The third-order valence-electron chi connectivity index (χ3n) is 3.61. The first kappa shape index (κ1) is 23.7. The van der Waals surface area contributed by atoms with Crippen molar-refractivity contribution in [3.8, 4) is 11.5 Å². The molecule has 0 radical (unpaired) electrons. The molecule has 0 aliphatic carbocycles. The molecule has 0 heterocycles. The maximum atomic E-state index is 13.8. The van der Waals surface area contributed by atoms with E-state index in [-0.39, 0.29) is 18.0 Å². The molecule has 0 saturated carbocycles. The second kappa shape index (κ2) is 9.06. The Morgan fingerprint density at radius 3 is 2.13 bits per heavy atom. The maximum Gasteiger partial charge on any atom is 0.422 e. The second-order valence-corrected chi connectivity index (χ2v) is 5.66. The molecule has 168 valence electrons. The summed E-state index contributed by atoms with van der Waals surface area (Å²) in [7, 11) is 0. The predicted octanol–water partition coefficient (Wildman–Crippen LogP) is 4.59. The molecule has 0 aliphatic rings. The summed E-state index contributed by atoms with van der Waals surface area (Å²) in [4.78, 5) is 22.1. The number of halogens is 7. The number of nitrogens with one attached hydrogen (secondary N) is 1. The number of ether oxygens (including phenoxy) is 2. The van der Waals surface area contributed by atoms with Crippen LogP contribution in [0.2, 0.25) is 0 Å². The van der Waals surface area contributed by atoms with Gasteiger partial charge in [-0.3, -0.25) is 14.9 Å². The molecule has 2 rings (SSSR count). The molecule has 7 nitrogen and oxygen atoms in total. The van der Waals surface area contributed by atoms with E-state index < -0.39 is 63.9 Å². The van der Waals surface area contributed by atoms with Gasteiger partial charge in [-0.25, -0.2) is 8.78 Å². The molecule has 0 atom stereocenters. The Balaban J connectivity index is 2.24. The van der Waals surface area contributed by atoms with Gasteiger partial charge in [0.15, 0.2) is 24.0 Å². The van der Waals surface area contributed by atoms with Crippen molar-refractivity contribution < 1.29 is 49.9 Å². The zero-order chi connectivity index (χ0) is 23.5. The van der Waals surface area contributed by atoms with Crippen molar-refractivity contribution in [1.29, 1.82) is 0 Å². The van der Waals surface area contributed by atoms with Crippen LogP contribution in [0.3, 0.4) is 0 Å². The van der Waals surface area contributed by atoms with Gasteiger partial charge in [0.2, 0.25) is 11.6 Å². The molecular weight excluding hydrogens is 445 g/mol. The molecule has 2 aromatic carbocycles. The molecule has 31 heavy (non-hydrogen) atoms. The second-order valence-electron chi connectivity index (χ2n) is 5.66. The monoisotopic (exact) mass is 456 g/mol. The van der Waals surface area contributed by atoms with Crippen LogP contribution >= 0.6 is 0 Å². The Kier molecular flexibility index (Phi) is 6.92. The molecule has 0 fully saturated rings. The van der Waals surface area contributed by atoms with Gasteiger partial charge in [-0.2, -0.15) is 22.0 Å². The number of amides is 1. The Labute approximate surface area is 168 Å². The zero-order valence-corrected chi connectivity index (χ0v) is 15.3. The topological polar surface area (TPSA) is 90.7 Å². The quantitative estimate of drug-likeness (QED) is 0.285. The fourth-order valence-electron chi connectivity index (χ4n) is 2.34. The highest BCUT2D eigenvalue weighted by atomic mass is 19.4. The Morgan fingerprint density at radius 2 is 1.65 bits per heavy atom. The van der Waals surface area contributed by atoms with Crippen LogP contribution in [0.15, 0.2) is 18.2 Å². The molecule has 14 heteroatoms. The normalized spacial score (nSPS) is 11.2. The van der Waals surface area contributed by atoms with Crippen LogP contribution in [0.25, 0.3) is 0 Å². The smallest absolute Gasteiger partial charge is 0.422 e. The van der Waals surface area contributed by atoms with Crippen LogP contribution in [-0.2, 0) is 11.0 Å². The number of hydrogen-bond donors (Lipinski definition) is 1. The molecular formula is C17H11F7N2O5. The van der Waals surface area contributed by atoms with Crippen molar-refractivity contribution in [2.45, 2.75) is 13.1 Å². The SMILES string of the molecule is CCOc1ccc(NC(=O)COc2c(F)c(F)c(C(F)(F)F)c(F)c2F)c([N+](=O)[O-])c1. The lowest BCUT2D eigenvalue weighted by Crippen LogP contribution is -2.23. The van der Waals surface area contributed by atoms with Gasteiger partial charge in [0.25, 0.3) is 11.6 Å². The minimum atomic E-state index is -5.74. The van der Waals surface area contributed by atoms with Crippen LogP contribution in [0, 0.1) is 33.4 Å². The summed E-state index contributed by atoms with van der Waals surface area (Å²) >= 11 is 0. The molecule has 2 aromatic rings. The first-order valence-electron chi connectivity index (χ1n) is 8.15. The molecule has 0 aromatic heterocycles. The van der Waals surface area contributed by atoms with Crippen LogP contribution < -0.4 is 14.8 Å².